The summed E-state index contributed by atoms with van der Waals surface area (Å²) in [5.74, 6) is -0.0957. The maximum absolute atomic E-state index is 12.1. The second kappa shape index (κ2) is 4.64. The number of sulfone groups is 1. The van der Waals surface area contributed by atoms with Crippen LogP contribution in [0.15, 0.2) is 30.3 Å². The number of benzene rings is 1. The van der Waals surface area contributed by atoms with Gasteiger partial charge in [-0.3, -0.25) is 0 Å². The monoisotopic (exact) mass is 269 g/mol. The van der Waals surface area contributed by atoms with E-state index in [1.165, 1.54) is 0 Å². The van der Waals surface area contributed by atoms with Crippen LogP contribution < -0.4 is 5.73 Å². The van der Waals surface area contributed by atoms with Crippen molar-refractivity contribution in [2.45, 2.75) is 18.1 Å². The van der Waals surface area contributed by atoms with Crippen LogP contribution in [0.4, 0.5) is 0 Å². The second-order valence-electron chi connectivity index (χ2n) is 4.86. The van der Waals surface area contributed by atoms with Gasteiger partial charge in [-0.1, -0.05) is 37.3 Å². The van der Waals surface area contributed by atoms with Gasteiger partial charge in [0.1, 0.15) is 0 Å². The van der Waals surface area contributed by atoms with E-state index in [0.717, 1.165) is 5.56 Å². The number of nitrogens with two attached hydrogens (primary N) is 1. The minimum Gasteiger partial charge on any atom is -0.396 e. The zero-order valence-corrected chi connectivity index (χ0v) is 11.2. The van der Waals surface area contributed by atoms with Gasteiger partial charge < -0.3 is 10.8 Å². The van der Waals surface area contributed by atoms with Crippen LogP contribution >= 0.6 is 0 Å². The quantitative estimate of drug-likeness (QED) is 0.817. The molecule has 1 aromatic rings. The van der Waals surface area contributed by atoms with Crippen molar-refractivity contribution in [3.05, 3.63) is 35.9 Å². The third kappa shape index (κ3) is 1.86. The molecule has 3 N–H and O–H groups in total. The van der Waals surface area contributed by atoms with Crippen molar-refractivity contribution in [1.29, 1.82) is 0 Å². The first kappa shape index (κ1) is 13.5. The van der Waals surface area contributed by atoms with Crippen molar-refractivity contribution in [2.24, 2.45) is 11.1 Å². The lowest BCUT2D eigenvalue weighted by Crippen LogP contribution is -2.28. The summed E-state index contributed by atoms with van der Waals surface area (Å²) in [6.45, 7) is 1.63. The zero-order chi connectivity index (χ0) is 13.4. The Morgan fingerprint density at radius 2 is 1.94 bits per heavy atom. The maximum Gasteiger partial charge on any atom is 0.154 e. The minimum atomic E-state index is -3.19. The molecule has 1 saturated carbocycles. The molecule has 18 heavy (non-hydrogen) atoms. The molecule has 1 aliphatic rings. The first-order valence-corrected chi connectivity index (χ1v) is 7.82. The van der Waals surface area contributed by atoms with Gasteiger partial charge in [-0.25, -0.2) is 8.42 Å². The van der Waals surface area contributed by atoms with Gasteiger partial charge in [-0.15, -0.1) is 0 Å². The summed E-state index contributed by atoms with van der Waals surface area (Å²) < 4.78 is 24.2. The van der Waals surface area contributed by atoms with Crippen molar-refractivity contribution in [1.82, 2.24) is 0 Å². The van der Waals surface area contributed by atoms with Gasteiger partial charge >= 0.3 is 0 Å². The molecule has 2 rings (SSSR count). The molecule has 0 spiro atoms. The fourth-order valence-electron chi connectivity index (χ4n) is 2.86. The van der Waals surface area contributed by atoms with Crippen LogP contribution in [0.1, 0.15) is 18.4 Å². The summed E-state index contributed by atoms with van der Waals surface area (Å²) >= 11 is 0. The van der Waals surface area contributed by atoms with Gasteiger partial charge in [0.2, 0.25) is 0 Å². The third-order valence-corrected chi connectivity index (χ3v) is 6.32. The molecule has 0 aliphatic heterocycles. The van der Waals surface area contributed by atoms with E-state index in [4.69, 9.17) is 5.73 Å². The number of hydrogen-bond donors (Lipinski definition) is 2. The SMILES string of the molecule is CCS(=O)(=O)[C@@H]1[C@@H](c2ccccc2)[C@@]1(CN)CO. The molecule has 1 fully saturated rings. The lowest BCUT2D eigenvalue weighted by atomic mass is 10.0. The lowest BCUT2D eigenvalue weighted by Gasteiger charge is -2.11. The Kier molecular flexibility index (Phi) is 3.49. The van der Waals surface area contributed by atoms with E-state index < -0.39 is 20.5 Å². The Morgan fingerprint density at radius 3 is 2.39 bits per heavy atom. The number of rotatable bonds is 5. The minimum absolute atomic E-state index is 0.0861. The van der Waals surface area contributed by atoms with Gasteiger partial charge in [0, 0.05) is 23.6 Å². The molecule has 0 saturated heterocycles. The highest BCUT2D eigenvalue weighted by Gasteiger charge is 2.69. The first-order chi connectivity index (χ1) is 8.53. The normalized spacial score (nSPS) is 31.3. The summed E-state index contributed by atoms with van der Waals surface area (Å²) in [7, 11) is -3.19. The van der Waals surface area contributed by atoms with Gasteiger partial charge in [0.25, 0.3) is 0 Å². The van der Waals surface area contributed by atoms with Gasteiger partial charge in [-0.2, -0.15) is 0 Å². The van der Waals surface area contributed by atoms with Crippen LogP contribution in [-0.2, 0) is 9.84 Å². The predicted molar refractivity (Wildman–Crippen MR) is 71.0 cm³/mol. The summed E-state index contributed by atoms with van der Waals surface area (Å²) in [4.78, 5) is 0. The average molecular weight is 269 g/mol. The van der Waals surface area contributed by atoms with Crippen LogP contribution in [0.3, 0.4) is 0 Å². The van der Waals surface area contributed by atoms with E-state index in [2.05, 4.69) is 0 Å². The smallest absolute Gasteiger partial charge is 0.154 e. The van der Waals surface area contributed by atoms with Gasteiger partial charge in [0.05, 0.1) is 11.9 Å². The van der Waals surface area contributed by atoms with E-state index in [9.17, 15) is 13.5 Å². The molecule has 1 aromatic carbocycles. The van der Waals surface area contributed by atoms with E-state index in [1.54, 1.807) is 6.92 Å². The van der Waals surface area contributed by atoms with Crippen molar-refractivity contribution >= 4 is 9.84 Å². The predicted octanol–water partition coefficient (Wildman–Crippen LogP) is 0.525. The molecular weight excluding hydrogens is 250 g/mol. The molecule has 0 heterocycles. The largest absolute Gasteiger partial charge is 0.396 e. The summed E-state index contributed by atoms with van der Waals surface area (Å²) in [6.07, 6.45) is 0. The molecule has 3 atom stereocenters. The molecule has 0 unspecified atom stereocenters. The molecule has 0 radical (unpaired) electrons. The van der Waals surface area contributed by atoms with Crippen molar-refractivity contribution in [3.8, 4) is 0 Å². The van der Waals surface area contributed by atoms with E-state index in [-0.39, 0.29) is 24.8 Å². The Labute approximate surface area is 108 Å². The highest BCUT2D eigenvalue weighted by atomic mass is 32.2. The lowest BCUT2D eigenvalue weighted by molar-refractivity contribution is 0.212. The number of aliphatic hydroxyl groups is 1. The fraction of sp³-hybridized carbons (Fsp3) is 0.538. The summed E-state index contributed by atoms with van der Waals surface area (Å²) in [6, 6.07) is 9.44. The molecular formula is C13H19NO3S. The highest BCUT2D eigenvalue weighted by Crippen LogP contribution is 2.62. The molecule has 1 aliphatic carbocycles. The summed E-state index contributed by atoms with van der Waals surface area (Å²) in [5.41, 5.74) is 5.97. The second-order valence-corrected chi connectivity index (χ2v) is 7.27. The Hall–Kier alpha value is -0.910. The first-order valence-electron chi connectivity index (χ1n) is 6.11. The van der Waals surface area contributed by atoms with Crippen LogP contribution in [0, 0.1) is 5.41 Å². The number of hydrogen-bond acceptors (Lipinski definition) is 4. The fourth-order valence-corrected chi connectivity index (χ4v) is 5.02. The van der Waals surface area contributed by atoms with E-state index in [1.807, 2.05) is 30.3 Å². The van der Waals surface area contributed by atoms with Crippen LogP contribution in [0.25, 0.3) is 0 Å². The van der Waals surface area contributed by atoms with E-state index >= 15 is 0 Å². The van der Waals surface area contributed by atoms with Crippen molar-refractivity contribution < 1.29 is 13.5 Å². The number of aliphatic hydroxyl groups excluding tert-OH is 1. The Bertz CT molecular complexity index is 508. The third-order valence-electron chi connectivity index (χ3n) is 4.00. The molecule has 5 heteroatoms. The Morgan fingerprint density at radius 1 is 1.33 bits per heavy atom. The average Bonchev–Trinajstić information content (AvgIpc) is 3.10. The summed E-state index contributed by atoms with van der Waals surface area (Å²) in [5, 5.41) is 9.02. The van der Waals surface area contributed by atoms with Gasteiger partial charge in [-0.05, 0) is 5.56 Å². The van der Waals surface area contributed by atoms with Crippen molar-refractivity contribution in [3.63, 3.8) is 0 Å². The van der Waals surface area contributed by atoms with Crippen LogP contribution in [-0.4, -0.2) is 37.7 Å². The molecule has 100 valence electrons. The molecule has 0 bridgehead atoms. The van der Waals surface area contributed by atoms with Gasteiger partial charge in [0.15, 0.2) is 9.84 Å². The van der Waals surface area contributed by atoms with Crippen LogP contribution in [0.2, 0.25) is 0 Å². The van der Waals surface area contributed by atoms with Crippen molar-refractivity contribution in [2.75, 3.05) is 18.9 Å². The maximum atomic E-state index is 12.1. The molecule has 0 aromatic heterocycles. The molecule has 4 nitrogen and oxygen atoms in total. The topological polar surface area (TPSA) is 80.4 Å². The standard InChI is InChI=1S/C13H19NO3S/c1-2-18(16,17)12-11(13(12,8-14)9-15)10-6-4-3-5-7-10/h3-7,11-12,15H,2,8-9,14H2,1H3/t11-,12-,13-/m1/s1. The Balaban J connectivity index is 2.42. The van der Waals surface area contributed by atoms with Crippen LogP contribution in [0.5, 0.6) is 0 Å². The molecule has 0 amide bonds. The zero-order valence-electron chi connectivity index (χ0n) is 10.4. The highest BCUT2D eigenvalue weighted by molar-refractivity contribution is 7.92. The van der Waals surface area contributed by atoms with E-state index in [0.29, 0.717) is 0 Å².